The summed E-state index contributed by atoms with van der Waals surface area (Å²) in [6.45, 7) is 2.60. The second-order valence-corrected chi connectivity index (χ2v) is 15.3. The van der Waals surface area contributed by atoms with Crippen molar-refractivity contribution in [1.29, 1.82) is 0 Å². The van der Waals surface area contributed by atoms with E-state index in [1.165, 1.54) is 23.5 Å². The van der Waals surface area contributed by atoms with Crippen molar-refractivity contribution in [3.63, 3.8) is 0 Å². The Morgan fingerprint density at radius 2 is 1.91 bits per heavy atom. The molecule has 1 aliphatic heterocycles. The van der Waals surface area contributed by atoms with Crippen LogP contribution >= 0.6 is 16.1 Å². The lowest BCUT2D eigenvalue weighted by atomic mass is 9.79. The molecule has 4 fully saturated rings. The number of rotatable bonds is 2. The average Bonchev–Trinajstić information content (AvgIpc) is 3.22. The van der Waals surface area contributed by atoms with Gasteiger partial charge in [-0.05, 0) is 18.3 Å². The van der Waals surface area contributed by atoms with Gasteiger partial charge in [-0.2, -0.15) is 4.98 Å². The molecule has 3 aliphatic carbocycles. The van der Waals surface area contributed by atoms with Crippen molar-refractivity contribution in [3.05, 3.63) is 29.3 Å². The van der Waals surface area contributed by atoms with Crippen LogP contribution in [-0.4, -0.2) is 91.8 Å². The zero-order chi connectivity index (χ0) is 33.2. The van der Waals surface area contributed by atoms with Crippen molar-refractivity contribution in [2.24, 2.45) is 23.2 Å². The smallest absolute Gasteiger partial charge is 0.388 e. The molecule has 8 rings (SSSR count). The van der Waals surface area contributed by atoms with E-state index < -0.39 is 81.5 Å². The molecule has 3 saturated carbocycles. The molecule has 2 unspecified atom stereocenters. The molecule has 0 spiro atoms. The second-order valence-electron chi connectivity index (χ2n) is 12.9. The first-order valence-corrected chi connectivity index (χ1v) is 17.5. The van der Waals surface area contributed by atoms with E-state index in [-0.39, 0.29) is 35.5 Å². The number of aromatic nitrogens is 8. The number of nitrogens with two attached hydrogens (primary N) is 2. The number of aliphatic hydroxyl groups excluding tert-OH is 2. The highest BCUT2D eigenvalue weighted by molar-refractivity contribution is 7.47. The molecule has 0 bridgehead atoms. The molecule has 47 heavy (non-hydrogen) atoms. The normalized spacial score (nSPS) is 42.0. The Labute approximate surface area is 265 Å². The standard InChI is InChI=1S/C25H32N10O10P2/c1-9-14(34-7-30-13-21(34)32-23(27)33-22(13)38)15(36)18-24(9,2)5-42-46(39)44-16-10(4-43-47(40,41)45-18)11-3-25(11,17(16)37)35-8-31-12-19(26)28-6-29-20(12)35/h6-11,14-18,36-37,46H,3-5H2,1-2H3,(H,40,41)(H2,26,28,29)(H3,27,32,33,38)/t9-,10+,11+,14-,15+,16-,17-,18+,24+,25-/m1/s1. The molecule has 20 nitrogen and oxygen atoms in total. The average molecular weight is 695 g/mol. The van der Waals surface area contributed by atoms with Crippen LogP contribution in [0.1, 0.15) is 26.3 Å². The summed E-state index contributed by atoms with van der Waals surface area (Å²) in [5.41, 5.74) is 9.66. The van der Waals surface area contributed by atoms with Gasteiger partial charge in [-0.15, -0.1) is 0 Å². The van der Waals surface area contributed by atoms with Crippen molar-refractivity contribution in [3.8, 4) is 0 Å². The molecular weight excluding hydrogens is 662 g/mol. The molecule has 1 saturated heterocycles. The van der Waals surface area contributed by atoms with Crippen molar-refractivity contribution < 1.29 is 42.3 Å². The molecule has 0 radical (unpaired) electrons. The Hall–Kier alpha value is -3.32. The third-order valence-corrected chi connectivity index (χ3v) is 12.5. The Kier molecular flexibility index (Phi) is 6.82. The van der Waals surface area contributed by atoms with E-state index in [1.54, 1.807) is 18.4 Å². The van der Waals surface area contributed by atoms with Gasteiger partial charge in [0.25, 0.3) is 5.56 Å². The minimum Gasteiger partial charge on any atom is -0.388 e. The molecule has 0 amide bonds. The van der Waals surface area contributed by atoms with Gasteiger partial charge < -0.3 is 44.8 Å². The van der Waals surface area contributed by atoms with E-state index in [4.69, 9.17) is 29.6 Å². The van der Waals surface area contributed by atoms with Crippen molar-refractivity contribution in [2.75, 3.05) is 24.7 Å². The Morgan fingerprint density at radius 3 is 2.70 bits per heavy atom. The SMILES string of the molecule is C[C@@H]1[C@@H](n2cnc3c(=O)[nH]c(N)nc32)[C@H](O)[C@@H]2OP(=O)(O)OC[C@@H]3[C@@H](O[PH](=O)OC[C@@]12C)[C@@H](O)[C@@]1(n2cnc4c(N)ncnc42)C[C@@H]31. The summed E-state index contributed by atoms with van der Waals surface area (Å²) < 4.78 is 52.9. The van der Waals surface area contributed by atoms with Crippen LogP contribution in [0.15, 0.2) is 23.8 Å². The Balaban J connectivity index is 1.12. The van der Waals surface area contributed by atoms with Gasteiger partial charge >= 0.3 is 16.1 Å². The first-order chi connectivity index (χ1) is 22.3. The van der Waals surface area contributed by atoms with Crippen LogP contribution in [0.25, 0.3) is 22.3 Å². The van der Waals surface area contributed by atoms with Gasteiger partial charge in [0, 0.05) is 11.3 Å². The number of aromatic amines is 1. The van der Waals surface area contributed by atoms with Gasteiger partial charge in [-0.3, -0.25) is 23.4 Å². The molecule has 8 N–H and O–H groups in total. The summed E-state index contributed by atoms with van der Waals surface area (Å²) >= 11 is 0. The van der Waals surface area contributed by atoms with Crippen LogP contribution in [0.2, 0.25) is 0 Å². The monoisotopic (exact) mass is 694 g/mol. The topological polar surface area (TPSA) is 291 Å². The maximum atomic E-state index is 13.5. The van der Waals surface area contributed by atoms with Crippen molar-refractivity contribution in [1.82, 2.24) is 39.0 Å². The summed E-state index contributed by atoms with van der Waals surface area (Å²) in [5, 5.41) is 23.3. The van der Waals surface area contributed by atoms with Crippen LogP contribution in [0.4, 0.5) is 11.8 Å². The van der Waals surface area contributed by atoms with E-state index in [0.29, 0.717) is 17.6 Å². The summed E-state index contributed by atoms with van der Waals surface area (Å²) in [6, 6.07) is -0.906. The zero-order valence-electron chi connectivity index (χ0n) is 24.9. The number of anilines is 2. The highest BCUT2D eigenvalue weighted by Gasteiger charge is 2.74. The highest BCUT2D eigenvalue weighted by Crippen LogP contribution is 2.67. The van der Waals surface area contributed by atoms with Gasteiger partial charge in [0.2, 0.25) is 5.95 Å². The lowest BCUT2D eigenvalue weighted by molar-refractivity contribution is -0.0614. The number of nitrogens with one attached hydrogen (secondary N) is 1. The van der Waals surface area contributed by atoms with Crippen LogP contribution in [0.3, 0.4) is 0 Å². The largest absolute Gasteiger partial charge is 0.472 e. The molecule has 12 atom stereocenters. The Bertz CT molecular complexity index is 2060. The quantitative estimate of drug-likeness (QED) is 0.147. The summed E-state index contributed by atoms with van der Waals surface area (Å²) in [4.78, 5) is 46.7. The van der Waals surface area contributed by atoms with Crippen LogP contribution in [0, 0.1) is 23.2 Å². The maximum absolute atomic E-state index is 13.5. The van der Waals surface area contributed by atoms with E-state index >= 15 is 0 Å². The second kappa shape index (κ2) is 10.3. The molecule has 5 heterocycles. The van der Waals surface area contributed by atoms with Crippen LogP contribution < -0.4 is 17.0 Å². The van der Waals surface area contributed by atoms with E-state index in [0.717, 1.165) is 0 Å². The number of nitrogen functional groups attached to an aromatic ring is 2. The van der Waals surface area contributed by atoms with E-state index in [1.807, 2.05) is 0 Å². The maximum Gasteiger partial charge on any atom is 0.472 e. The highest BCUT2D eigenvalue weighted by atomic mass is 31.2. The number of fused-ring (bicyclic) bond motifs is 6. The van der Waals surface area contributed by atoms with Crippen LogP contribution in [0.5, 0.6) is 0 Å². The molecule has 4 aromatic rings. The van der Waals surface area contributed by atoms with Crippen LogP contribution in [-0.2, 0) is 32.8 Å². The third kappa shape index (κ3) is 4.40. The summed E-state index contributed by atoms with van der Waals surface area (Å²) in [7, 11) is -8.20. The fourth-order valence-electron chi connectivity index (χ4n) is 8.03. The minimum absolute atomic E-state index is 0.0257. The fraction of sp³-hybridized carbons (Fsp3) is 0.600. The number of H-pyrrole nitrogens is 1. The van der Waals surface area contributed by atoms with E-state index in [9.17, 15) is 29.0 Å². The molecule has 252 valence electrons. The Morgan fingerprint density at radius 1 is 1.15 bits per heavy atom. The lowest BCUT2D eigenvalue weighted by Crippen LogP contribution is -2.42. The zero-order valence-corrected chi connectivity index (χ0v) is 26.8. The number of hydrogen-bond acceptors (Lipinski definition) is 16. The number of phosphoric acid groups is 1. The van der Waals surface area contributed by atoms with Crippen molar-refractivity contribution in [2.45, 2.75) is 56.3 Å². The number of nitrogens with zero attached hydrogens (tertiary/aromatic N) is 7. The molecule has 4 aromatic heterocycles. The first-order valence-electron chi connectivity index (χ1n) is 14.8. The van der Waals surface area contributed by atoms with Gasteiger partial charge in [0.1, 0.15) is 36.3 Å². The number of imidazole rings is 2. The molecule has 22 heteroatoms. The number of hydrogen-bond donors (Lipinski definition) is 6. The predicted molar refractivity (Wildman–Crippen MR) is 161 cm³/mol. The minimum atomic E-state index is -4.90. The number of phosphoric ester groups is 1. The fourth-order valence-corrected chi connectivity index (χ4v) is 10.1. The predicted octanol–water partition coefficient (Wildman–Crippen LogP) is -0.305. The van der Waals surface area contributed by atoms with Crippen molar-refractivity contribution >= 4 is 50.2 Å². The van der Waals surface area contributed by atoms with Gasteiger partial charge in [0.15, 0.2) is 22.6 Å². The van der Waals surface area contributed by atoms with Gasteiger partial charge in [0.05, 0.1) is 37.4 Å². The van der Waals surface area contributed by atoms with Gasteiger partial charge in [-0.1, -0.05) is 13.8 Å². The molecular formula is C25H32N10O10P2. The molecule has 0 aromatic carbocycles. The lowest BCUT2D eigenvalue weighted by Gasteiger charge is -2.36. The first kappa shape index (κ1) is 31.0. The number of aliphatic hydroxyl groups is 2. The summed E-state index contributed by atoms with van der Waals surface area (Å²) in [6.07, 6.45) is -0.764. The van der Waals surface area contributed by atoms with Gasteiger partial charge in [-0.25, -0.2) is 24.5 Å². The molecule has 4 aliphatic rings. The van der Waals surface area contributed by atoms with E-state index in [2.05, 4.69) is 29.9 Å². The summed E-state index contributed by atoms with van der Waals surface area (Å²) in [5.74, 6) is -1.72. The third-order valence-electron chi connectivity index (χ3n) is 10.6.